The first-order chi connectivity index (χ1) is 14.7. The van der Waals surface area contributed by atoms with Gasteiger partial charge in [0.2, 0.25) is 0 Å². The molecule has 0 bridgehead atoms. The standard InChI is InChI=1S/2C9H10O.2C5H5.Zr/c2*1-2-5-8-6-3-4-7-9(8)10;2*1-2-4-5-3-1;/h2*2-4,6-7,10H,1,5H2;2*1-5H;/q;;2*-1;+2. The molecule has 0 atom stereocenters. The van der Waals surface area contributed by atoms with E-state index in [9.17, 15) is 10.2 Å². The minimum Gasteiger partial charge on any atom is -0.508 e. The number of hydrogen-bond donors (Lipinski definition) is 2. The molecule has 0 aliphatic heterocycles. The summed E-state index contributed by atoms with van der Waals surface area (Å²) >= 11 is 0. The molecule has 0 amide bonds. The molecule has 31 heavy (non-hydrogen) atoms. The summed E-state index contributed by atoms with van der Waals surface area (Å²) in [6.45, 7) is 7.17. The van der Waals surface area contributed by atoms with Crippen LogP contribution in [0.4, 0.5) is 0 Å². The molecule has 4 aromatic rings. The Bertz CT molecular complexity index is 798. The Balaban J connectivity index is 0.000000401. The topological polar surface area (TPSA) is 40.5 Å². The van der Waals surface area contributed by atoms with Crippen molar-refractivity contribution in [2.75, 3.05) is 0 Å². The normalized spacial score (nSPS) is 8.52. The van der Waals surface area contributed by atoms with Crippen molar-refractivity contribution in [3.8, 4) is 11.5 Å². The zero-order valence-corrected chi connectivity index (χ0v) is 20.2. The zero-order valence-electron chi connectivity index (χ0n) is 17.8. The number of phenolic OH excluding ortho intramolecular Hbond substituents is 2. The molecule has 2 N–H and O–H groups in total. The van der Waals surface area contributed by atoms with E-state index in [1.807, 2.05) is 97.1 Å². The maximum absolute atomic E-state index is 9.19. The third-order valence-electron chi connectivity index (χ3n) is 3.82. The molecule has 0 aliphatic rings. The number of hydrogen-bond acceptors (Lipinski definition) is 2. The van der Waals surface area contributed by atoms with Gasteiger partial charge in [0.15, 0.2) is 0 Å². The Morgan fingerprint density at radius 3 is 1.13 bits per heavy atom. The van der Waals surface area contributed by atoms with Gasteiger partial charge in [-0.3, -0.25) is 0 Å². The Kier molecular flexibility index (Phi) is 17.3. The fourth-order valence-electron chi connectivity index (χ4n) is 2.32. The van der Waals surface area contributed by atoms with Gasteiger partial charge in [-0.15, -0.1) is 13.2 Å². The summed E-state index contributed by atoms with van der Waals surface area (Å²) in [5, 5.41) is 18.4. The second-order valence-corrected chi connectivity index (χ2v) is 6.17. The van der Waals surface area contributed by atoms with Crippen molar-refractivity contribution in [1.82, 2.24) is 0 Å². The first-order valence-electron chi connectivity index (χ1n) is 9.78. The summed E-state index contributed by atoms with van der Waals surface area (Å²) in [4.78, 5) is 0. The molecule has 0 saturated heterocycles. The molecule has 0 radical (unpaired) electrons. The minimum absolute atomic E-state index is 0. The van der Waals surface area contributed by atoms with E-state index >= 15 is 0 Å². The Labute approximate surface area is 205 Å². The van der Waals surface area contributed by atoms with Crippen LogP contribution in [0.25, 0.3) is 0 Å². The summed E-state index contributed by atoms with van der Waals surface area (Å²) < 4.78 is 0. The quantitative estimate of drug-likeness (QED) is 0.238. The zero-order chi connectivity index (χ0) is 21.9. The molecule has 0 spiro atoms. The van der Waals surface area contributed by atoms with Crippen LogP contribution in [-0.4, -0.2) is 10.2 Å². The van der Waals surface area contributed by atoms with E-state index in [1.54, 1.807) is 24.3 Å². The molecule has 4 rings (SSSR count). The van der Waals surface area contributed by atoms with E-state index in [1.165, 1.54) is 0 Å². The Morgan fingerprint density at radius 1 is 0.581 bits per heavy atom. The first kappa shape index (κ1) is 28.1. The molecule has 0 aromatic heterocycles. The average Bonchev–Trinajstić information content (AvgIpc) is 3.52. The van der Waals surface area contributed by atoms with Gasteiger partial charge in [-0.1, -0.05) is 48.6 Å². The summed E-state index contributed by atoms with van der Waals surface area (Å²) in [7, 11) is 0. The number of aromatic hydroxyl groups is 2. The summed E-state index contributed by atoms with van der Waals surface area (Å²) in [5.74, 6) is 0.699. The summed E-state index contributed by atoms with van der Waals surface area (Å²) in [5.41, 5.74) is 1.86. The minimum atomic E-state index is 0. The largest absolute Gasteiger partial charge is 2.00 e. The van der Waals surface area contributed by atoms with Gasteiger partial charge in [0.05, 0.1) is 0 Å². The van der Waals surface area contributed by atoms with Gasteiger partial charge in [-0.05, 0) is 36.1 Å². The van der Waals surface area contributed by atoms with Crippen LogP contribution in [0, 0.1) is 0 Å². The van der Waals surface area contributed by atoms with Crippen molar-refractivity contribution in [3.05, 3.63) is 146 Å². The second-order valence-electron chi connectivity index (χ2n) is 6.17. The molecule has 4 aromatic carbocycles. The monoisotopic (exact) mass is 488 g/mol. The molecule has 0 heterocycles. The number of para-hydroxylation sites is 2. The molecular weight excluding hydrogens is 460 g/mol. The van der Waals surface area contributed by atoms with Crippen LogP contribution >= 0.6 is 0 Å². The van der Waals surface area contributed by atoms with Crippen LogP contribution in [0.1, 0.15) is 11.1 Å². The number of phenols is 2. The molecule has 158 valence electrons. The van der Waals surface area contributed by atoms with E-state index in [0.29, 0.717) is 11.5 Å². The van der Waals surface area contributed by atoms with Gasteiger partial charge in [-0.25, -0.2) is 24.3 Å². The molecule has 3 heteroatoms. The predicted octanol–water partition coefficient (Wildman–Crippen LogP) is 7.05. The predicted molar refractivity (Wildman–Crippen MR) is 128 cm³/mol. The number of benzene rings is 2. The Hall–Kier alpha value is -2.90. The molecule has 0 fully saturated rings. The third kappa shape index (κ3) is 13.9. The van der Waals surface area contributed by atoms with Crippen LogP contribution in [0.3, 0.4) is 0 Å². The van der Waals surface area contributed by atoms with Crippen molar-refractivity contribution in [1.29, 1.82) is 0 Å². The van der Waals surface area contributed by atoms with Crippen molar-refractivity contribution in [3.63, 3.8) is 0 Å². The van der Waals surface area contributed by atoms with Gasteiger partial charge < -0.3 is 10.2 Å². The van der Waals surface area contributed by atoms with Gasteiger partial charge in [-0.2, -0.15) is 36.4 Å². The van der Waals surface area contributed by atoms with Crippen LogP contribution in [0.5, 0.6) is 11.5 Å². The van der Waals surface area contributed by atoms with Gasteiger partial charge in [0.1, 0.15) is 11.5 Å². The maximum Gasteiger partial charge on any atom is 2.00 e. The van der Waals surface area contributed by atoms with Gasteiger partial charge in [0.25, 0.3) is 0 Å². The fourth-order valence-corrected chi connectivity index (χ4v) is 2.32. The van der Waals surface area contributed by atoms with E-state index < -0.39 is 0 Å². The van der Waals surface area contributed by atoms with E-state index in [2.05, 4.69) is 13.2 Å². The van der Waals surface area contributed by atoms with Crippen molar-refractivity contribution >= 4 is 0 Å². The van der Waals surface area contributed by atoms with Gasteiger partial charge >= 0.3 is 26.2 Å². The van der Waals surface area contributed by atoms with Crippen molar-refractivity contribution in [2.24, 2.45) is 0 Å². The molecule has 2 nitrogen and oxygen atoms in total. The van der Waals surface area contributed by atoms with Gasteiger partial charge in [0, 0.05) is 0 Å². The molecule has 0 saturated carbocycles. The van der Waals surface area contributed by atoms with Crippen LogP contribution in [0.15, 0.2) is 135 Å². The summed E-state index contributed by atoms with van der Waals surface area (Å²) in [6, 6.07) is 34.5. The van der Waals surface area contributed by atoms with Crippen LogP contribution in [-0.2, 0) is 39.0 Å². The first-order valence-corrected chi connectivity index (χ1v) is 9.78. The van der Waals surface area contributed by atoms with Crippen molar-refractivity contribution in [2.45, 2.75) is 12.8 Å². The maximum atomic E-state index is 9.19. The Morgan fingerprint density at radius 2 is 0.903 bits per heavy atom. The number of rotatable bonds is 4. The molecular formula is C28H30O2Zr. The average molecular weight is 490 g/mol. The third-order valence-corrected chi connectivity index (χ3v) is 3.82. The van der Waals surface area contributed by atoms with E-state index in [4.69, 9.17) is 0 Å². The van der Waals surface area contributed by atoms with Crippen LogP contribution in [0.2, 0.25) is 0 Å². The van der Waals surface area contributed by atoms with Crippen LogP contribution < -0.4 is 0 Å². The smallest absolute Gasteiger partial charge is 0.508 e. The fraction of sp³-hybridized carbons (Fsp3) is 0.0714. The molecule has 0 unspecified atom stereocenters. The second kappa shape index (κ2) is 19.1. The summed E-state index contributed by atoms with van der Waals surface area (Å²) in [6.07, 6.45) is 5.00. The van der Waals surface area contributed by atoms with E-state index in [0.717, 1.165) is 24.0 Å². The molecule has 0 aliphatic carbocycles. The SMILES string of the molecule is C=CCc1ccccc1O.C=CCc1ccccc1O.[Zr+2].c1cc[cH-]c1.c1cc[cH-]c1. The van der Waals surface area contributed by atoms with E-state index in [-0.39, 0.29) is 26.2 Å². The van der Waals surface area contributed by atoms with Crippen molar-refractivity contribution < 1.29 is 36.4 Å². The number of allylic oxidation sites excluding steroid dienone is 2.